The number of aromatic nitrogens is 3. The van der Waals surface area contributed by atoms with Crippen molar-refractivity contribution >= 4 is 37.8 Å². The van der Waals surface area contributed by atoms with E-state index in [2.05, 4.69) is 24.6 Å². The Kier molecular flexibility index (Phi) is 6.78. The summed E-state index contributed by atoms with van der Waals surface area (Å²) in [6, 6.07) is 7.51. The predicted octanol–water partition coefficient (Wildman–Crippen LogP) is 4.01. The van der Waals surface area contributed by atoms with E-state index in [0.717, 1.165) is 22.9 Å². The Bertz CT molecular complexity index is 1260. The number of pyridine rings is 1. The molecule has 33 heavy (non-hydrogen) atoms. The number of hydrogen-bond donors (Lipinski definition) is 1. The second-order valence-electron chi connectivity index (χ2n) is 7.95. The molecular weight excluding hydrogens is 442 g/mol. The normalized spacial score (nSPS) is 21.2. The summed E-state index contributed by atoms with van der Waals surface area (Å²) in [4.78, 5) is 13.3. The van der Waals surface area contributed by atoms with Gasteiger partial charge in [-0.2, -0.15) is 4.36 Å². The van der Waals surface area contributed by atoms with Gasteiger partial charge in [-0.15, -0.1) is 0 Å². The van der Waals surface area contributed by atoms with Gasteiger partial charge >= 0.3 is 0 Å². The first-order chi connectivity index (χ1) is 15.5. The molecule has 2 aromatic heterocycles. The number of rotatable bonds is 6. The van der Waals surface area contributed by atoms with Crippen LogP contribution in [0.3, 0.4) is 0 Å². The smallest absolute Gasteiger partial charge is 0.238 e. The van der Waals surface area contributed by atoms with E-state index in [1.54, 1.807) is 13.3 Å². The van der Waals surface area contributed by atoms with Crippen molar-refractivity contribution in [2.75, 3.05) is 37.1 Å². The second-order valence-corrected chi connectivity index (χ2v) is 10.5. The van der Waals surface area contributed by atoms with Crippen molar-refractivity contribution in [3.8, 4) is 5.88 Å². The summed E-state index contributed by atoms with van der Waals surface area (Å²) in [5.41, 5.74) is 3.06. The van der Waals surface area contributed by atoms with Crippen LogP contribution in [-0.2, 0) is 19.2 Å². The molecule has 2 aliphatic heterocycles. The summed E-state index contributed by atoms with van der Waals surface area (Å²) in [7, 11) is -0.446. The molecule has 2 atom stereocenters. The topological polar surface area (TPSA) is 108 Å². The summed E-state index contributed by atoms with van der Waals surface area (Å²) in [5, 5.41) is 4.21. The molecule has 0 bridgehead atoms. The lowest BCUT2D eigenvalue weighted by Gasteiger charge is -2.20. The van der Waals surface area contributed by atoms with Crippen molar-refractivity contribution in [3.05, 3.63) is 42.4 Å². The summed E-state index contributed by atoms with van der Waals surface area (Å²) in [6.45, 7) is 2.91. The first kappa shape index (κ1) is 23.3. The van der Waals surface area contributed by atoms with Crippen LogP contribution in [0.5, 0.6) is 5.88 Å². The van der Waals surface area contributed by atoms with Crippen molar-refractivity contribution in [2.45, 2.75) is 33.0 Å². The largest absolute Gasteiger partial charge is 0.468 e. The van der Waals surface area contributed by atoms with Gasteiger partial charge in [0.2, 0.25) is 5.88 Å². The van der Waals surface area contributed by atoms with E-state index >= 15 is 0 Å². The SMILES string of the molecule is C.CO[C@@H]1COC[C@H]1Oc1ncccc1Nc1ncnc2cc(N=S3(=O)CCC3)cc(C)c12. The minimum atomic E-state index is -2.09. The molecule has 2 fully saturated rings. The van der Waals surface area contributed by atoms with Crippen LogP contribution in [0.2, 0.25) is 0 Å². The van der Waals surface area contributed by atoms with Gasteiger partial charge in [0, 0.05) is 30.2 Å². The Morgan fingerprint density at radius 2 is 2.00 bits per heavy atom. The van der Waals surface area contributed by atoms with Crippen LogP contribution in [0, 0.1) is 6.92 Å². The number of aryl methyl sites for hydroxylation is 1. The average molecular weight is 472 g/mol. The van der Waals surface area contributed by atoms with Gasteiger partial charge in [0.1, 0.15) is 23.9 Å². The van der Waals surface area contributed by atoms with E-state index < -0.39 is 9.73 Å². The highest BCUT2D eigenvalue weighted by Crippen LogP contribution is 2.33. The number of fused-ring (bicyclic) bond motifs is 1. The van der Waals surface area contributed by atoms with E-state index in [0.29, 0.717) is 47.8 Å². The highest BCUT2D eigenvalue weighted by atomic mass is 32.2. The third kappa shape index (κ3) is 4.78. The molecule has 3 aromatic rings. The standard InChI is InChI=1S/C22H25N5O4S.CH4/c1-14-9-15(27-32(28)7-4-8-32)10-17-20(14)21(25-13-24-17)26-16-5-3-6-23-22(16)31-19-12-30-11-18(19)29-2;/h3,5-6,9-10,13,18-19H,4,7-8,11-12H2,1-2H3,(H,24,25,26);1H4/t18-,19-;/m1./s1. The quantitative estimate of drug-likeness (QED) is 0.575. The molecule has 0 saturated carbocycles. The molecule has 0 aliphatic carbocycles. The molecule has 1 aromatic carbocycles. The third-order valence-electron chi connectivity index (χ3n) is 5.69. The number of hydrogen-bond acceptors (Lipinski definition) is 9. The fraction of sp³-hybridized carbons (Fsp3) is 0.435. The van der Waals surface area contributed by atoms with Gasteiger partial charge < -0.3 is 19.5 Å². The Balaban J connectivity index is 0.00000259. The van der Waals surface area contributed by atoms with E-state index in [1.165, 1.54) is 6.33 Å². The molecule has 4 heterocycles. The predicted molar refractivity (Wildman–Crippen MR) is 129 cm³/mol. The van der Waals surface area contributed by atoms with Crippen LogP contribution in [-0.4, -0.2) is 63.2 Å². The monoisotopic (exact) mass is 471 g/mol. The Morgan fingerprint density at radius 3 is 2.76 bits per heavy atom. The van der Waals surface area contributed by atoms with E-state index in [9.17, 15) is 4.21 Å². The maximum atomic E-state index is 12.5. The molecule has 2 saturated heterocycles. The zero-order valence-electron chi connectivity index (χ0n) is 18.0. The van der Waals surface area contributed by atoms with Gasteiger partial charge in [0.05, 0.1) is 34.1 Å². The number of benzene rings is 1. The van der Waals surface area contributed by atoms with Crippen LogP contribution in [0.15, 0.2) is 41.2 Å². The molecule has 5 rings (SSSR count). The van der Waals surface area contributed by atoms with E-state index in [-0.39, 0.29) is 19.6 Å². The maximum Gasteiger partial charge on any atom is 0.238 e. The van der Waals surface area contributed by atoms with Crippen LogP contribution >= 0.6 is 0 Å². The molecule has 1 N–H and O–H groups in total. The Labute approximate surface area is 194 Å². The molecule has 10 heteroatoms. The van der Waals surface area contributed by atoms with Crippen molar-refractivity contribution in [1.82, 2.24) is 15.0 Å². The molecule has 0 unspecified atom stereocenters. The molecule has 0 radical (unpaired) electrons. The Hall–Kier alpha value is -2.82. The number of anilines is 2. The summed E-state index contributed by atoms with van der Waals surface area (Å²) < 4.78 is 34.1. The molecule has 176 valence electrons. The first-order valence-electron chi connectivity index (χ1n) is 10.5. The number of nitrogens with zero attached hydrogens (tertiary/aromatic N) is 4. The molecule has 2 aliphatic rings. The van der Waals surface area contributed by atoms with E-state index in [4.69, 9.17) is 14.2 Å². The number of ether oxygens (including phenoxy) is 3. The van der Waals surface area contributed by atoms with Crippen molar-refractivity contribution in [1.29, 1.82) is 0 Å². The minimum absolute atomic E-state index is 0. The van der Waals surface area contributed by atoms with Crippen LogP contribution in [0.1, 0.15) is 19.4 Å². The fourth-order valence-electron chi connectivity index (χ4n) is 3.89. The van der Waals surface area contributed by atoms with E-state index in [1.807, 2.05) is 31.2 Å². The van der Waals surface area contributed by atoms with Crippen molar-refractivity contribution in [2.24, 2.45) is 4.36 Å². The number of nitrogens with one attached hydrogen (secondary N) is 1. The van der Waals surface area contributed by atoms with Gasteiger partial charge in [-0.05, 0) is 43.2 Å². The van der Waals surface area contributed by atoms with Gasteiger partial charge in [-0.3, -0.25) is 0 Å². The fourth-order valence-corrected chi connectivity index (χ4v) is 5.35. The second kappa shape index (κ2) is 9.58. The minimum Gasteiger partial charge on any atom is -0.468 e. The summed E-state index contributed by atoms with van der Waals surface area (Å²) >= 11 is 0. The van der Waals surface area contributed by atoms with Gasteiger partial charge in [0.25, 0.3) is 0 Å². The van der Waals surface area contributed by atoms with Crippen LogP contribution in [0.4, 0.5) is 17.2 Å². The summed E-state index contributed by atoms with van der Waals surface area (Å²) in [6.07, 6.45) is 3.77. The number of methoxy groups -OCH3 is 1. The zero-order chi connectivity index (χ0) is 22.1. The lowest BCUT2D eigenvalue weighted by atomic mass is 10.1. The summed E-state index contributed by atoms with van der Waals surface area (Å²) in [5.74, 6) is 2.42. The molecule has 0 spiro atoms. The third-order valence-corrected chi connectivity index (χ3v) is 8.08. The highest BCUT2D eigenvalue weighted by Gasteiger charge is 2.31. The van der Waals surface area contributed by atoms with Crippen molar-refractivity contribution < 1.29 is 18.4 Å². The van der Waals surface area contributed by atoms with Gasteiger partial charge in [0.15, 0.2) is 6.10 Å². The molecular formula is C23H29N5O4S. The van der Waals surface area contributed by atoms with Gasteiger partial charge in [-0.1, -0.05) is 7.43 Å². The van der Waals surface area contributed by atoms with Crippen molar-refractivity contribution in [3.63, 3.8) is 0 Å². The first-order valence-corrected chi connectivity index (χ1v) is 12.4. The lowest BCUT2D eigenvalue weighted by molar-refractivity contribution is 0.0311. The average Bonchev–Trinajstić information content (AvgIpc) is 3.21. The lowest BCUT2D eigenvalue weighted by Crippen LogP contribution is -2.32. The van der Waals surface area contributed by atoms with Gasteiger partial charge in [-0.25, -0.2) is 19.2 Å². The van der Waals surface area contributed by atoms with Crippen LogP contribution < -0.4 is 10.1 Å². The molecule has 0 amide bonds. The maximum absolute atomic E-state index is 12.5. The molecule has 9 nitrogen and oxygen atoms in total. The highest BCUT2D eigenvalue weighted by molar-refractivity contribution is 7.95. The zero-order valence-corrected chi connectivity index (χ0v) is 18.8. The Morgan fingerprint density at radius 1 is 1.18 bits per heavy atom. The van der Waals surface area contributed by atoms with Crippen LogP contribution in [0.25, 0.3) is 10.9 Å².